The van der Waals surface area contributed by atoms with Crippen molar-refractivity contribution < 1.29 is 14.3 Å². The Labute approximate surface area is 120 Å². The highest BCUT2D eigenvalue weighted by atomic mass is 16.6. The van der Waals surface area contributed by atoms with Crippen molar-refractivity contribution in [3.8, 4) is 5.75 Å². The zero-order chi connectivity index (χ0) is 14.5. The fraction of sp³-hybridized carbons (Fsp3) is 0.562. The topological polar surface area (TPSA) is 61.5 Å². The van der Waals surface area contributed by atoms with E-state index in [-0.39, 0.29) is 18.7 Å². The monoisotopic (exact) mass is 277 g/mol. The number of nitrogen functional groups attached to an aromatic ring is 1. The van der Waals surface area contributed by atoms with Gasteiger partial charge in [-0.15, -0.1) is 0 Å². The maximum atomic E-state index is 11.8. The molecule has 0 spiro atoms. The highest BCUT2D eigenvalue weighted by molar-refractivity contribution is 5.71. The lowest BCUT2D eigenvalue weighted by Crippen LogP contribution is -2.30. The van der Waals surface area contributed by atoms with Crippen LogP contribution < -0.4 is 10.5 Å². The molecule has 4 heteroatoms. The standard InChI is InChI=1S/C16H23NO3/c1-11-7-12(2)9-13(8-11)20-16(18)10-19-15-6-4-3-5-14(15)17/h3-6,11-13H,7-10,17H2,1-2H3. The number of esters is 1. The van der Waals surface area contributed by atoms with E-state index in [1.54, 1.807) is 12.1 Å². The number of para-hydroxylation sites is 2. The molecule has 0 aromatic heterocycles. The average Bonchev–Trinajstić information content (AvgIpc) is 2.36. The molecule has 0 saturated heterocycles. The van der Waals surface area contributed by atoms with E-state index < -0.39 is 0 Å². The number of nitrogens with two attached hydrogens (primary N) is 1. The summed E-state index contributed by atoms with van der Waals surface area (Å²) in [7, 11) is 0. The predicted molar refractivity (Wildman–Crippen MR) is 78.4 cm³/mol. The smallest absolute Gasteiger partial charge is 0.344 e. The minimum Gasteiger partial charge on any atom is -0.480 e. The molecular weight excluding hydrogens is 254 g/mol. The van der Waals surface area contributed by atoms with Crippen LogP contribution in [0.1, 0.15) is 33.1 Å². The number of anilines is 1. The van der Waals surface area contributed by atoms with Crippen molar-refractivity contribution in [3.63, 3.8) is 0 Å². The van der Waals surface area contributed by atoms with Gasteiger partial charge in [0.25, 0.3) is 0 Å². The zero-order valence-corrected chi connectivity index (χ0v) is 12.2. The fourth-order valence-corrected chi connectivity index (χ4v) is 2.94. The molecule has 1 aromatic carbocycles. The van der Waals surface area contributed by atoms with Crippen LogP contribution in [0.5, 0.6) is 5.75 Å². The normalized spacial score (nSPS) is 26.0. The van der Waals surface area contributed by atoms with E-state index >= 15 is 0 Å². The number of carbonyl (C=O) groups is 1. The highest BCUT2D eigenvalue weighted by Gasteiger charge is 2.26. The van der Waals surface area contributed by atoms with Gasteiger partial charge in [0.2, 0.25) is 0 Å². The Balaban J connectivity index is 1.79. The molecule has 0 heterocycles. The Hall–Kier alpha value is -1.71. The second-order valence-corrected chi connectivity index (χ2v) is 5.86. The molecule has 0 amide bonds. The van der Waals surface area contributed by atoms with Crippen LogP contribution in [-0.4, -0.2) is 18.7 Å². The van der Waals surface area contributed by atoms with Crippen molar-refractivity contribution in [1.82, 2.24) is 0 Å². The molecule has 1 aliphatic rings. The van der Waals surface area contributed by atoms with Gasteiger partial charge < -0.3 is 15.2 Å². The SMILES string of the molecule is CC1CC(C)CC(OC(=O)COc2ccccc2N)C1. The van der Waals surface area contributed by atoms with Gasteiger partial charge in [0.05, 0.1) is 5.69 Å². The Bertz CT molecular complexity index is 451. The molecule has 1 aliphatic carbocycles. The Kier molecular flexibility index (Phi) is 4.88. The number of hydrogen-bond acceptors (Lipinski definition) is 4. The molecule has 4 nitrogen and oxygen atoms in total. The molecule has 1 saturated carbocycles. The van der Waals surface area contributed by atoms with Crippen molar-refractivity contribution in [3.05, 3.63) is 24.3 Å². The molecule has 2 atom stereocenters. The fourth-order valence-electron chi connectivity index (χ4n) is 2.94. The first-order valence-corrected chi connectivity index (χ1v) is 7.21. The van der Waals surface area contributed by atoms with E-state index in [1.165, 1.54) is 6.42 Å². The average molecular weight is 277 g/mol. The second-order valence-electron chi connectivity index (χ2n) is 5.86. The van der Waals surface area contributed by atoms with Gasteiger partial charge in [-0.05, 0) is 43.2 Å². The van der Waals surface area contributed by atoms with E-state index in [9.17, 15) is 4.79 Å². The van der Waals surface area contributed by atoms with Gasteiger partial charge in [-0.25, -0.2) is 4.79 Å². The number of hydrogen-bond donors (Lipinski definition) is 1. The summed E-state index contributed by atoms with van der Waals surface area (Å²) in [5.74, 6) is 1.43. The van der Waals surface area contributed by atoms with Crippen LogP contribution in [0.3, 0.4) is 0 Å². The first-order valence-electron chi connectivity index (χ1n) is 7.21. The number of ether oxygens (including phenoxy) is 2. The maximum absolute atomic E-state index is 11.8. The maximum Gasteiger partial charge on any atom is 0.344 e. The van der Waals surface area contributed by atoms with E-state index in [1.807, 2.05) is 12.1 Å². The summed E-state index contributed by atoms with van der Waals surface area (Å²) >= 11 is 0. The predicted octanol–water partition coefficient (Wildman–Crippen LogP) is 3.02. The molecule has 2 rings (SSSR count). The molecule has 1 fully saturated rings. The molecule has 2 unspecified atom stereocenters. The summed E-state index contributed by atoms with van der Waals surface area (Å²) in [5, 5.41) is 0. The summed E-state index contributed by atoms with van der Waals surface area (Å²) in [6.07, 6.45) is 3.14. The first kappa shape index (κ1) is 14.7. The number of carbonyl (C=O) groups excluding carboxylic acids is 1. The molecule has 0 aliphatic heterocycles. The minimum absolute atomic E-state index is 0.0259. The van der Waals surface area contributed by atoms with Gasteiger partial charge in [0.15, 0.2) is 6.61 Å². The van der Waals surface area contributed by atoms with E-state index in [2.05, 4.69) is 13.8 Å². The summed E-state index contributed by atoms with van der Waals surface area (Å²) in [5.41, 5.74) is 6.28. The Morgan fingerprint density at radius 1 is 1.20 bits per heavy atom. The number of rotatable bonds is 4. The summed E-state index contributed by atoms with van der Waals surface area (Å²) in [6.45, 7) is 4.32. The third-order valence-corrected chi connectivity index (χ3v) is 3.70. The molecule has 0 bridgehead atoms. The second kappa shape index (κ2) is 6.64. The van der Waals surface area contributed by atoms with E-state index in [0.717, 1.165) is 12.8 Å². The van der Waals surface area contributed by atoms with Gasteiger partial charge in [-0.2, -0.15) is 0 Å². The van der Waals surface area contributed by atoms with Gasteiger partial charge in [-0.1, -0.05) is 26.0 Å². The zero-order valence-electron chi connectivity index (χ0n) is 12.2. The van der Waals surface area contributed by atoms with Crippen LogP contribution >= 0.6 is 0 Å². The quantitative estimate of drug-likeness (QED) is 0.679. The molecule has 0 radical (unpaired) electrons. The van der Waals surface area contributed by atoms with Crippen LogP contribution in [0.4, 0.5) is 5.69 Å². The number of benzene rings is 1. The van der Waals surface area contributed by atoms with Crippen molar-refractivity contribution >= 4 is 11.7 Å². The third kappa shape index (κ3) is 4.15. The van der Waals surface area contributed by atoms with Crippen LogP contribution in [0.15, 0.2) is 24.3 Å². The summed E-state index contributed by atoms with van der Waals surface area (Å²) in [6, 6.07) is 7.13. The lowest BCUT2D eigenvalue weighted by Gasteiger charge is -2.30. The van der Waals surface area contributed by atoms with Crippen LogP contribution in [0, 0.1) is 11.8 Å². The minimum atomic E-state index is -0.320. The van der Waals surface area contributed by atoms with E-state index in [4.69, 9.17) is 15.2 Å². The Morgan fingerprint density at radius 2 is 1.85 bits per heavy atom. The lowest BCUT2D eigenvalue weighted by molar-refractivity contribution is -0.154. The third-order valence-electron chi connectivity index (χ3n) is 3.70. The van der Waals surface area contributed by atoms with Crippen LogP contribution in [-0.2, 0) is 9.53 Å². The van der Waals surface area contributed by atoms with Crippen molar-refractivity contribution in [2.75, 3.05) is 12.3 Å². The van der Waals surface area contributed by atoms with Gasteiger partial charge in [-0.3, -0.25) is 0 Å². The molecule has 110 valence electrons. The Morgan fingerprint density at radius 3 is 2.50 bits per heavy atom. The van der Waals surface area contributed by atoms with Gasteiger partial charge >= 0.3 is 5.97 Å². The molecule has 20 heavy (non-hydrogen) atoms. The molecule has 2 N–H and O–H groups in total. The largest absolute Gasteiger partial charge is 0.480 e. The molecular formula is C16H23NO3. The lowest BCUT2D eigenvalue weighted by atomic mass is 9.82. The van der Waals surface area contributed by atoms with Crippen LogP contribution in [0.25, 0.3) is 0 Å². The highest BCUT2D eigenvalue weighted by Crippen LogP contribution is 2.30. The van der Waals surface area contributed by atoms with Gasteiger partial charge in [0.1, 0.15) is 11.9 Å². The van der Waals surface area contributed by atoms with Crippen molar-refractivity contribution in [2.24, 2.45) is 11.8 Å². The summed E-state index contributed by atoms with van der Waals surface area (Å²) < 4.78 is 10.9. The summed E-state index contributed by atoms with van der Waals surface area (Å²) in [4.78, 5) is 11.8. The van der Waals surface area contributed by atoms with E-state index in [0.29, 0.717) is 23.3 Å². The van der Waals surface area contributed by atoms with Crippen molar-refractivity contribution in [1.29, 1.82) is 0 Å². The van der Waals surface area contributed by atoms with Crippen molar-refractivity contribution in [2.45, 2.75) is 39.2 Å². The van der Waals surface area contributed by atoms with Gasteiger partial charge in [0, 0.05) is 0 Å². The molecule has 1 aromatic rings. The van der Waals surface area contributed by atoms with Crippen LogP contribution in [0.2, 0.25) is 0 Å². The first-order chi connectivity index (χ1) is 9.54.